The first kappa shape index (κ1) is 13.5. The molecule has 1 aliphatic heterocycles. The van der Waals surface area contributed by atoms with Gasteiger partial charge in [-0.2, -0.15) is 5.10 Å². The minimum atomic E-state index is 0.163. The molecule has 3 rings (SSSR count). The van der Waals surface area contributed by atoms with Gasteiger partial charge < -0.3 is 15.4 Å². The molecule has 0 fully saturated rings. The van der Waals surface area contributed by atoms with Crippen LogP contribution in [-0.4, -0.2) is 24.9 Å². The fourth-order valence-corrected chi connectivity index (χ4v) is 2.53. The van der Waals surface area contributed by atoms with Crippen LogP contribution in [0.3, 0.4) is 0 Å². The van der Waals surface area contributed by atoms with E-state index in [2.05, 4.69) is 39.7 Å². The Bertz CT molecular complexity index is 662. The molecule has 2 N–H and O–H groups in total. The SMILES string of the molecule is CN(C)c1ccc(C2CC(c3ccccc3O)=NN2)cc1. The molecule has 4 heteroatoms. The molecule has 1 unspecified atom stereocenters. The predicted octanol–water partition coefficient (Wildman–Crippen LogP) is 2.90. The Morgan fingerprint density at radius 3 is 2.48 bits per heavy atom. The van der Waals surface area contributed by atoms with Crippen LogP contribution in [0.1, 0.15) is 23.6 Å². The second-order valence-electron chi connectivity index (χ2n) is 5.45. The van der Waals surface area contributed by atoms with Gasteiger partial charge in [0.1, 0.15) is 5.75 Å². The Balaban J connectivity index is 1.75. The average Bonchev–Trinajstić information content (AvgIpc) is 2.97. The molecule has 21 heavy (non-hydrogen) atoms. The number of nitrogens with one attached hydrogen (secondary N) is 1. The van der Waals surface area contributed by atoms with Gasteiger partial charge in [0.15, 0.2) is 0 Å². The second-order valence-corrected chi connectivity index (χ2v) is 5.45. The third kappa shape index (κ3) is 2.70. The van der Waals surface area contributed by atoms with E-state index in [0.29, 0.717) is 0 Å². The van der Waals surface area contributed by atoms with Crippen molar-refractivity contribution in [3.05, 3.63) is 59.7 Å². The molecule has 0 saturated carbocycles. The highest BCUT2D eigenvalue weighted by atomic mass is 16.3. The molecule has 4 nitrogen and oxygen atoms in total. The van der Waals surface area contributed by atoms with Gasteiger partial charge in [0.2, 0.25) is 0 Å². The Kier molecular flexibility index (Phi) is 3.52. The van der Waals surface area contributed by atoms with Gasteiger partial charge in [0.05, 0.1) is 11.8 Å². The molecule has 2 aromatic rings. The molecular weight excluding hydrogens is 262 g/mol. The third-order valence-electron chi connectivity index (χ3n) is 3.78. The number of aromatic hydroxyl groups is 1. The first-order chi connectivity index (χ1) is 10.1. The number of hydrogen-bond acceptors (Lipinski definition) is 4. The topological polar surface area (TPSA) is 47.9 Å². The van der Waals surface area contributed by atoms with Crippen molar-refractivity contribution in [3.63, 3.8) is 0 Å². The Morgan fingerprint density at radius 2 is 1.81 bits per heavy atom. The van der Waals surface area contributed by atoms with Crippen LogP contribution < -0.4 is 10.3 Å². The molecule has 0 spiro atoms. The van der Waals surface area contributed by atoms with Crippen LogP contribution in [0.2, 0.25) is 0 Å². The fraction of sp³-hybridized carbons (Fsp3) is 0.235. The lowest BCUT2D eigenvalue weighted by Crippen LogP contribution is -2.11. The van der Waals surface area contributed by atoms with Gasteiger partial charge in [-0.3, -0.25) is 0 Å². The number of rotatable bonds is 3. The predicted molar refractivity (Wildman–Crippen MR) is 85.9 cm³/mol. The van der Waals surface area contributed by atoms with Crippen molar-refractivity contribution in [2.24, 2.45) is 5.10 Å². The maximum absolute atomic E-state index is 9.91. The van der Waals surface area contributed by atoms with Gasteiger partial charge in [-0.15, -0.1) is 0 Å². The summed E-state index contributed by atoms with van der Waals surface area (Å²) in [4.78, 5) is 2.08. The van der Waals surface area contributed by atoms with Gasteiger partial charge in [0.25, 0.3) is 0 Å². The number of nitrogens with zero attached hydrogens (tertiary/aromatic N) is 2. The maximum Gasteiger partial charge on any atom is 0.124 e. The zero-order valence-electron chi connectivity index (χ0n) is 12.2. The number of phenols is 1. The smallest absolute Gasteiger partial charge is 0.124 e. The third-order valence-corrected chi connectivity index (χ3v) is 3.78. The number of anilines is 1. The molecule has 0 radical (unpaired) electrons. The average molecular weight is 281 g/mol. The quantitative estimate of drug-likeness (QED) is 0.909. The molecule has 0 amide bonds. The highest BCUT2D eigenvalue weighted by Crippen LogP contribution is 2.28. The van der Waals surface area contributed by atoms with Crippen LogP contribution in [0, 0.1) is 0 Å². The van der Waals surface area contributed by atoms with E-state index in [1.807, 2.05) is 32.3 Å². The lowest BCUT2D eigenvalue weighted by Gasteiger charge is -2.15. The van der Waals surface area contributed by atoms with E-state index in [9.17, 15) is 5.11 Å². The Morgan fingerprint density at radius 1 is 1.10 bits per heavy atom. The van der Waals surface area contributed by atoms with Crippen LogP contribution in [0.4, 0.5) is 5.69 Å². The standard InChI is InChI=1S/C17H19N3O/c1-20(2)13-9-7-12(8-10-13)15-11-16(19-18-15)14-5-3-4-6-17(14)21/h3-10,15,18,21H,11H2,1-2H3. The lowest BCUT2D eigenvalue weighted by atomic mass is 9.98. The monoisotopic (exact) mass is 281 g/mol. The van der Waals surface area contributed by atoms with Gasteiger partial charge in [-0.1, -0.05) is 24.3 Å². The van der Waals surface area contributed by atoms with Gasteiger partial charge in [0, 0.05) is 31.8 Å². The largest absolute Gasteiger partial charge is 0.507 e. The van der Waals surface area contributed by atoms with Crippen molar-refractivity contribution < 1.29 is 5.11 Å². The summed E-state index contributed by atoms with van der Waals surface area (Å²) in [5.41, 5.74) is 7.24. The minimum absolute atomic E-state index is 0.163. The van der Waals surface area contributed by atoms with Crippen LogP contribution in [-0.2, 0) is 0 Å². The summed E-state index contributed by atoms with van der Waals surface area (Å²) in [6.07, 6.45) is 0.777. The van der Waals surface area contributed by atoms with Crippen molar-refractivity contribution in [1.29, 1.82) is 0 Å². The molecule has 1 aliphatic rings. The molecule has 0 aliphatic carbocycles. The lowest BCUT2D eigenvalue weighted by molar-refractivity contribution is 0.474. The summed E-state index contributed by atoms with van der Waals surface area (Å²) in [6, 6.07) is 15.9. The first-order valence-electron chi connectivity index (χ1n) is 7.03. The summed E-state index contributed by atoms with van der Waals surface area (Å²) >= 11 is 0. The zero-order chi connectivity index (χ0) is 14.8. The van der Waals surface area contributed by atoms with E-state index < -0.39 is 0 Å². The summed E-state index contributed by atoms with van der Waals surface area (Å²) in [5.74, 6) is 0.279. The zero-order valence-corrected chi connectivity index (χ0v) is 12.2. The van der Waals surface area contributed by atoms with Gasteiger partial charge >= 0.3 is 0 Å². The molecule has 1 heterocycles. The summed E-state index contributed by atoms with van der Waals surface area (Å²) in [7, 11) is 4.06. The van der Waals surface area contributed by atoms with Crippen LogP contribution in [0.5, 0.6) is 5.75 Å². The van der Waals surface area contributed by atoms with Gasteiger partial charge in [-0.05, 0) is 29.8 Å². The van der Waals surface area contributed by atoms with Crippen LogP contribution in [0.25, 0.3) is 0 Å². The van der Waals surface area contributed by atoms with E-state index in [0.717, 1.165) is 17.7 Å². The Labute approximate surface area is 124 Å². The second kappa shape index (κ2) is 5.48. The van der Waals surface area contributed by atoms with Crippen molar-refractivity contribution >= 4 is 11.4 Å². The first-order valence-corrected chi connectivity index (χ1v) is 7.03. The van der Waals surface area contributed by atoms with Crippen molar-refractivity contribution in [2.75, 3.05) is 19.0 Å². The van der Waals surface area contributed by atoms with E-state index in [4.69, 9.17) is 0 Å². The normalized spacial score (nSPS) is 17.2. The van der Waals surface area contributed by atoms with Crippen LogP contribution in [0.15, 0.2) is 53.6 Å². The van der Waals surface area contributed by atoms with Crippen LogP contribution >= 0.6 is 0 Å². The highest BCUT2D eigenvalue weighted by Gasteiger charge is 2.22. The van der Waals surface area contributed by atoms with E-state index in [-0.39, 0.29) is 11.8 Å². The molecule has 108 valence electrons. The summed E-state index contributed by atoms with van der Waals surface area (Å²) < 4.78 is 0. The molecule has 1 atom stereocenters. The highest BCUT2D eigenvalue weighted by molar-refractivity contribution is 6.03. The number of para-hydroxylation sites is 1. The number of hydrogen-bond donors (Lipinski definition) is 2. The number of hydrazone groups is 1. The van der Waals surface area contributed by atoms with Crippen molar-refractivity contribution in [3.8, 4) is 5.75 Å². The molecular formula is C17H19N3O. The minimum Gasteiger partial charge on any atom is -0.507 e. The molecule has 2 aromatic carbocycles. The van der Waals surface area contributed by atoms with E-state index >= 15 is 0 Å². The van der Waals surface area contributed by atoms with E-state index in [1.165, 1.54) is 11.3 Å². The number of phenolic OH excluding ortho intramolecular Hbond substituents is 1. The molecule has 0 bridgehead atoms. The summed E-state index contributed by atoms with van der Waals surface area (Å²) in [6.45, 7) is 0. The van der Waals surface area contributed by atoms with Crippen molar-refractivity contribution in [2.45, 2.75) is 12.5 Å². The van der Waals surface area contributed by atoms with E-state index in [1.54, 1.807) is 6.07 Å². The molecule has 0 saturated heterocycles. The number of benzene rings is 2. The summed E-state index contributed by atoms with van der Waals surface area (Å²) in [5, 5.41) is 14.3. The Hall–Kier alpha value is -2.49. The van der Waals surface area contributed by atoms with Gasteiger partial charge in [-0.25, -0.2) is 0 Å². The molecule has 0 aromatic heterocycles. The van der Waals surface area contributed by atoms with Crippen molar-refractivity contribution in [1.82, 2.24) is 5.43 Å². The maximum atomic E-state index is 9.91. The fourth-order valence-electron chi connectivity index (χ4n) is 2.53.